The molecule has 4 aromatic rings. The van der Waals surface area contributed by atoms with Gasteiger partial charge in [-0.15, -0.1) is 0 Å². The molecule has 1 aromatic heterocycles. The lowest BCUT2D eigenvalue weighted by Gasteiger charge is -2.19. The van der Waals surface area contributed by atoms with Crippen molar-refractivity contribution in [2.24, 2.45) is 23.7 Å². The number of aromatic nitrogens is 1. The lowest BCUT2D eigenvalue weighted by Crippen LogP contribution is -2.32. The van der Waals surface area contributed by atoms with Gasteiger partial charge in [-0.3, -0.25) is 19.3 Å². The molecule has 2 heterocycles. The van der Waals surface area contributed by atoms with Gasteiger partial charge in [0.25, 0.3) is 0 Å². The molecule has 40 heavy (non-hydrogen) atoms. The van der Waals surface area contributed by atoms with Gasteiger partial charge in [0.1, 0.15) is 0 Å². The van der Waals surface area contributed by atoms with Crippen LogP contribution < -0.4 is 4.90 Å². The maximum atomic E-state index is 13.4. The summed E-state index contributed by atoms with van der Waals surface area (Å²) in [5.41, 5.74) is 3.03. The van der Waals surface area contributed by atoms with Crippen LogP contribution in [0.15, 0.2) is 84.9 Å². The number of nitrogens with zero attached hydrogens (tertiary/aromatic N) is 2. The van der Waals surface area contributed by atoms with E-state index in [1.807, 2.05) is 24.3 Å². The van der Waals surface area contributed by atoms with E-state index in [1.54, 1.807) is 60.7 Å². The van der Waals surface area contributed by atoms with Gasteiger partial charge >= 0.3 is 5.97 Å². The lowest BCUT2D eigenvalue weighted by molar-refractivity contribution is -0.123. The standard InChI is InChI=1S/C33H26N2O5/c36-28(19-7-2-1-3-8-19)18-40-33(39)25-17-27(34-26-12-5-4-11-24(25)26)20-9-6-10-23(16-20)35-31(37)29-21-13-14-22(15-21)30(29)32(35)38/h1-12,16-17,21-22,29-30H,13-15,18H2/t21-,22-,29-,30-/m0/s1. The Morgan fingerprint density at radius 3 is 2.27 bits per heavy atom. The van der Waals surface area contributed by atoms with Crippen LogP contribution in [-0.4, -0.2) is 35.2 Å². The van der Waals surface area contributed by atoms with Crippen molar-refractivity contribution >= 4 is 40.2 Å². The van der Waals surface area contributed by atoms with E-state index in [1.165, 1.54) is 4.90 Å². The summed E-state index contributed by atoms with van der Waals surface area (Å²) < 4.78 is 5.43. The highest BCUT2D eigenvalue weighted by molar-refractivity contribution is 6.22. The van der Waals surface area contributed by atoms with Crippen molar-refractivity contribution in [2.75, 3.05) is 11.5 Å². The summed E-state index contributed by atoms with van der Waals surface area (Å²) in [6.45, 7) is -0.381. The first-order valence-corrected chi connectivity index (χ1v) is 13.6. The number of fused-ring (bicyclic) bond motifs is 6. The molecule has 7 nitrogen and oxygen atoms in total. The zero-order valence-corrected chi connectivity index (χ0v) is 21.7. The fraction of sp³-hybridized carbons (Fsp3) is 0.242. The molecule has 0 N–H and O–H groups in total. The molecular weight excluding hydrogens is 504 g/mol. The minimum atomic E-state index is -0.631. The van der Waals surface area contributed by atoms with Gasteiger partial charge in [-0.1, -0.05) is 60.7 Å². The molecule has 0 spiro atoms. The smallest absolute Gasteiger partial charge is 0.339 e. The molecule has 2 saturated carbocycles. The van der Waals surface area contributed by atoms with Crippen LogP contribution in [0.4, 0.5) is 5.69 Å². The second kappa shape index (κ2) is 9.52. The second-order valence-electron chi connectivity index (χ2n) is 10.9. The van der Waals surface area contributed by atoms with Crippen molar-refractivity contribution in [1.82, 2.24) is 4.98 Å². The van der Waals surface area contributed by atoms with Crippen LogP contribution in [0, 0.1) is 23.7 Å². The molecule has 198 valence electrons. The molecule has 2 bridgehead atoms. The van der Waals surface area contributed by atoms with E-state index < -0.39 is 5.97 Å². The Kier molecular flexibility index (Phi) is 5.81. The van der Waals surface area contributed by atoms with E-state index in [2.05, 4.69) is 0 Å². The average Bonchev–Trinajstić information content (AvgIpc) is 3.69. The molecule has 0 unspecified atom stereocenters. The SMILES string of the molecule is O=C(COC(=O)c1cc(-c2cccc(N3C(=O)[C@H]4[C@H]5CC[C@@H](C5)[C@@H]4C3=O)c2)nc2ccccc12)c1ccccc1. The van der Waals surface area contributed by atoms with Crippen molar-refractivity contribution < 1.29 is 23.9 Å². The van der Waals surface area contributed by atoms with E-state index in [0.717, 1.165) is 19.3 Å². The number of ether oxygens (including phenoxy) is 1. The summed E-state index contributed by atoms with van der Waals surface area (Å²) in [5.74, 6) is -0.904. The second-order valence-corrected chi connectivity index (χ2v) is 10.9. The number of imide groups is 1. The number of hydrogen-bond acceptors (Lipinski definition) is 6. The number of esters is 1. The highest BCUT2D eigenvalue weighted by Crippen LogP contribution is 2.56. The maximum Gasteiger partial charge on any atom is 0.339 e. The summed E-state index contributed by atoms with van der Waals surface area (Å²) in [4.78, 5) is 58.6. The minimum Gasteiger partial charge on any atom is -0.454 e. The number of benzene rings is 3. The van der Waals surface area contributed by atoms with Crippen molar-refractivity contribution in [3.05, 3.63) is 96.1 Å². The van der Waals surface area contributed by atoms with E-state index in [4.69, 9.17) is 9.72 Å². The van der Waals surface area contributed by atoms with Crippen LogP contribution >= 0.6 is 0 Å². The number of amides is 2. The van der Waals surface area contributed by atoms with E-state index in [0.29, 0.717) is 45.2 Å². The van der Waals surface area contributed by atoms with Gasteiger partial charge in [0.05, 0.1) is 34.3 Å². The first kappa shape index (κ1) is 24.4. The van der Waals surface area contributed by atoms with Gasteiger partial charge in [-0.25, -0.2) is 9.78 Å². The quantitative estimate of drug-likeness (QED) is 0.186. The summed E-state index contributed by atoms with van der Waals surface area (Å²) in [5, 5.41) is 0.604. The number of carbonyl (C=O) groups excluding carboxylic acids is 4. The lowest BCUT2D eigenvalue weighted by atomic mass is 9.81. The van der Waals surface area contributed by atoms with Crippen LogP contribution in [0.2, 0.25) is 0 Å². The third-order valence-corrected chi connectivity index (χ3v) is 8.69. The number of pyridine rings is 1. The molecule has 3 fully saturated rings. The minimum absolute atomic E-state index is 0.0989. The van der Waals surface area contributed by atoms with Gasteiger partial charge < -0.3 is 4.74 Å². The summed E-state index contributed by atoms with van der Waals surface area (Å²) in [6.07, 6.45) is 3.03. The number of carbonyl (C=O) groups is 4. The summed E-state index contributed by atoms with van der Waals surface area (Å²) >= 11 is 0. The monoisotopic (exact) mass is 530 g/mol. The van der Waals surface area contributed by atoms with Gasteiger partial charge in [-0.05, 0) is 55.4 Å². The van der Waals surface area contributed by atoms with Crippen molar-refractivity contribution in [2.45, 2.75) is 19.3 Å². The van der Waals surface area contributed by atoms with Gasteiger partial charge in [0.2, 0.25) is 11.8 Å². The van der Waals surface area contributed by atoms with Crippen LogP contribution in [0.1, 0.15) is 40.0 Å². The van der Waals surface area contributed by atoms with Crippen LogP contribution in [0.5, 0.6) is 0 Å². The highest BCUT2D eigenvalue weighted by atomic mass is 16.5. The number of ketones is 1. The highest BCUT2D eigenvalue weighted by Gasteiger charge is 2.61. The largest absolute Gasteiger partial charge is 0.454 e. The predicted molar refractivity (Wildman–Crippen MR) is 149 cm³/mol. The average molecular weight is 531 g/mol. The molecule has 1 saturated heterocycles. The van der Waals surface area contributed by atoms with E-state index in [9.17, 15) is 19.2 Å². The van der Waals surface area contributed by atoms with Gasteiger partial charge in [0.15, 0.2) is 12.4 Å². The fourth-order valence-electron chi connectivity index (χ4n) is 6.88. The topological polar surface area (TPSA) is 93.6 Å². The Morgan fingerprint density at radius 2 is 1.52 bits per heavy atom. The molecule has 2 aliphatic carbocycles. The van der Waals surface area contributed by atoms with Gasteiger partial charge in [0, 0.05) is 16.5 Å². The number of rotatable bonds is 6. The summed E-state index contributed by atoms with van der Waals surface area (Å²) in [6, 6.07) is 24.7. The van der Waals surface area contributed by atoms with Crippen molar-refractivity contribution in [3.8, 4) is 11.3 Å². The normalized spacial score (nSPS) is 23.1. The molecule has 2 amide bonds. The number of para-hydroxylation sites is 1. The molecule has 7 rings (SSSR count). The summed E-state index contributed by atoms with van der Waals surface area (Å²) in [7, 11) is 0. The third kappa shape index (κ3) is 3.92. The number of anilines is 1. The van der Waals surface area contributed by atoms with E-state index in [-0.39, 0.29) is 41.6 Å². The number of hydrogen-bond donors (Lipinski definition) is 0. The molecule has 3 aliphatic rings. The fourth-order valence-corrected chi connectivity index (χ4v) is 6.88. The zero-order chi connectivity index (χ0) is 27.4. The molecule has 4 atom stereocenters. The van der Waals surface area contributed by atoms with Crippen LogP contribution in [0.25, 0.3) is 22.2 Å². The Hall–Kier alpha value is -4.65. The Bertz CT molecular complexity index is 1670. The van der Waals surface area contributed by atoms with Crippen LogP contribution in [0.3, 0.4) is 0 Å². The van der Waals surface area contributed by atoms with Crippen LogP contribution in [-0.2, 0) is 14.3 Å². The first-order valence-electron chi connectivity index (χ1n) is 13.6. The molecular formula is C33H26N2O5. The van der Waals surface area contributed by atoms with Crippen molar-refractivity contribution in [1.29, 1.82) is 0 Å². The van der Waals surface area contributed by atoms with Crippen molar-refractivity contribution in [3.63, 3.8) is 0 Å². The van der Waals surface area contributed by atoms with E-state index >= 15 is 0 Å². The Balaban J connectivity index is 1.20. The molecule has 0 radical (unpaired) electrons. The molecule has 3 aromatic carbocycles. The maximum absolute atomic E-state index is 13.4. The Morgan fingerprint density at radius 1 is 0.825 bits per heavy atom. The number of Topliss-reactive ketones (excluding diaryl/α,β-unsaturated/α-hetero) is 1. The predicted octanol–water partition coefficient (Wildman–Crippen LogP) is 5.48. The zero-order valence-electron chi connectivity index (χ0n) is 21.7. The first-order chi connectivity index (χ1) is 19.5. The molecule has 1 aliphatic heterocycles. The third-order valence-electron chi connectivity index (χ3n) is 8.69. The molecule has 7 heteroatoms. The van der Waals surface area contributed by atoms with Gasteiger partial charge in [-0.2, -0.15) is 0 Å². The Labute approximate surface area is 230 Å².